The van der Waals surface area contributed by atoms with Crippen molar-refractivity contribution in [2.24, 2.45) is 5.16 Å². The number of methoxy groups -OCH3 is 1. The smallest absolute Gasteiger partial charge is 0.120 e. The van der Waals surface area contributed by atoms with Gasteiger partial charge in [-0.1, -0.05) is 63.2 Å². The fourth-order valence-corrected chi connectivity index (χ4v) is 2.68. The van der Waals surface area contributed by atoms with Gasteiger partial charge in [0.05, 0.1) is 6.61 Å². The van der Waals surface area contributed by atoms with Crippen LogP contribution in [0.5, 0.6) is 5.75 Å². The van der Waals surface area contributed by atoms with E-state index in [1.807, 2.05) is 64.1 Å². The summed E-state index contributed by atoms with van der Waals surface area (Å²) in [5.41, 5.74) is 5.29. The van der Waals surface area contributed by atoms with E-state index in [2.05, 4.69) is 23.4 Å². The Kier molecular flexibility index (Phi) is 10.6. The summed E-state index contributed by atoms with van der Waals surface area (Å²) in [4.78, 5) is 5.03. The van der Waals surface area contributed by atoms with Gasteiger partial charge in [0.15, 0.2) is 0 Å². The van der Waals surface area contributed by atoms with Crippen LogP contribution in [0, 0.1) is 0 Å². The summed E-state index contributed by atoms with van der Waals surface area (Å²) in [6.45, 7) is 9.10. The van der Waals surface area contributed by atoms with E-state index in [4.69, 9.17) is 14.3 Å². The first-order valence-corrected chi connectivity index (χ1v) is 9.47. The van der Waals surface area contributed by atoms with Gasteiger partial charge in [0, 0.05) is 18.2 Å². The maximum atomic E-state index is 5.76. The fraction of sp³-hybridized carbons (Fsp3) is 0.348. The van der Waals surface area contributed by atoms with Gasteiger partial charge in [-0.05, 0) is 35.4 Å². The Bertz CT molecular complexity index is 751. The normalized spacial score (nSPS) is 12.4. The molecule has 0 aromatic heterocycles. The van der Waals surface area contributed by atoms with Crippen molar-refractivity contribution in [1.29, 1.82) is 0 Å². The minimum absolute atomic E-state index is 0.506. The first-order chi connectivity index (χ1) is 13.3. The highest BCUT2D eigenvalue weighted by Gasteiger charge is 2.25. The molecule has 1 aliphatic rings. The minimum Gasteiger partial charge on any atom is -0.490 e. The van der Waals surface area contributed by atoms with Gasteiger partial charge < -0.3 is 14.3 Å². The molecule has 0 saturated heterocycles. The Balaban J connectivity index is 0.000000855. The maximum Gasteiger partial charge on any atom is 0.120 e. The number of benzene rings is 2. The van der Waals surface area contributed by atoms with E-state index >= 15 is 0 Å². The summed E-state index contributed by atoms with van der Waals surface area (Å²) < 4.78 is 10.7. The number of nitrogens with zero attached hydrogens (tertiary/aromatic N) is 1. The van der Waals surface area contributed by atoms with Crippen LogP contribution in [0.1, 0.15) is 38.8 Å². The molecule has 1 aliphatic carbocycles. The first-order valence-electron chi connectivity index (χ1n) is 9.47. The Morgan fingerprint density at radius 1 is 0.778 bits per heavy atom. The second-order valence-corrected chi connectivity index (χ2v) is 5.11. The van der Waals surface area contributed by atoms with Crippen LogP contribution in [0.25, 0.3) is 11.1 Å². The number of ether oxygens (including phenoxy) is 2. The van der Waals surface area contributed by atoms with Crippen LogP contribution in [0.15, 0.2) is 59.8 Å². The first kappa shape index (κ1) is 22.5. The van der Waals surface area contributed by atoms with Crippen molar-refractivity contribution in [3.8, 4) is 16.9 Å². The molecule has 27 heavy (non-hydrogen) atoms. The van der Waals surface area contributed by atoms with Gasteiger partial charge in [-0.15, -0.1) is 0 Å². The van der Waals surface area contributed by atoms with Crippen molar-refractivity contribution in [3.63, 3.8) is 0 Å². The zero-order valence-corrected chi connectivity index (χ0v) is 17.3. The van der Waals surface area contributed by atoms with Crippen molar-refractivity contribution in [1.82, 2.24) is 0 Å². The highest BCUT2D eigenvalue weighted by molar-refractivity contribution is 6.24. The second kappa shape index (κ2) is 12.7. The molecule has 0 amide bonds. The summed E-state index contributed by atoms with van der Waals surface area (Å²) in [5.74, 6) is 0.808. The topological polar surface area (TPSA) is 40.0 Å². The van der Waals surface area contributed by atoms with Crippen molar-refractivity contribution in [3.05, 3.63) is 65.7 Å². The number of hydrogen-bond donors (Lipinski definition) is 0. The van der Waals surface area contributed by atoms with Crippen LogP contribution in [0.3, 0.4) is 0 Å². The van der Waals surface area contributed by atoms with Crippen LogP contribution in [-0.4, -0.2) is 33.1 Å². The Hall–Kier alpha value is -2.59. The molecule has 0 N–H and O–H groups in total. The monoisotopic (exact) mass is 369 g/mol. The van der Waals surface area contributed by atoms with Crippen molar-refractivity contribution in [2.75, 3.05) is 27.4 Å². The molecule has 0 spiro atoms. The summed E-state index contributed by atoms with van der Waals surface area (Å²) in [6.07, 6.45) is 3.87. The van der Waals surface area contributed by atoms with Crippen LogP contribution in [-0.2, 0) is 9.57 Å². The molecule has 0 radical (unpaired) electrons. The van der Waals surface area contributed by atoms with E-state index in [1.54, 1.807) is 14.2 Å². The molecule has 4 heteroatoms. The van der Waals surface area contributed by atoms with Crippen molar-refractivity contribution < 1.29 is 14.3 Å². The lowest BCUT2D eigenvalue weighted by Crippen LogP contribution is -2.00. The molecule has 0 unspecified atom stereocenters. The third-order valence-corrected chi connectivity index (χ3v) is 3.68. The second-order valence-electron chi connectivity index (χ2n) is 5.11. The zero-order chi connectivity index (χ0) is 20.1. The minimum atomic E-state index is 0.506. The van der Waals surface area contributed by atoms with Gasteiger partial charge in [-0.25, -0.2) is 0 Å². The number of oxime groups is 1. The molecule has 2 aromatic rings. The van der Waals surface area contributed by atoms with Gasteiger partial charge in [-0.2, -0.15) is 0 Å². The lowest BCUT2D eigenvalue weighted by atomic mass is 10.1. The molecular formula is C23H31NO3. The molecule has 0 fully saturated rings. The molecule has 146 valence electrons. The average Bonchev–Trinajstić information content (AvgIpc) is 3.05. The Labute approximate surface area is 163 Å². The summed E-state index contributed by atoms with van der Waals surface area (Å²) in [7, 11) is 3.23. The molecule has 0 bridgehead atoms. The zero-order valence-electron chi connectivity index (χ0n) is 17.3. The van der Waals surface area contributed by atoms with Crippen molar-refractivity contribution in [2.45, 2.75) is 27.7 Å². The highest BCUT2D eigenvalue weighted by Crippen LogP contribution is 2.38. The predicted octanol–water partition coefficient (Wildman–Crippen LogP) is 5.70. The summed E-state index contributed by atoms with van der Waals surface area (Å²) in [6, 6.07) is 14.3. The third kappa shape index (κ3) is 5.69. The summed E-state index contributed by atoms with van der Waals surface area (Å²) >= 11 is 0. The van der Waals surface area contributed by atoms with E-state index in [0.29, 0.717) is 13.2 Å². The quantitative estimate of drug-likeness (QED) is 0.413. The van der Waals surface area contributed by atoms with E-state index in [-0.39, 0.29) is 0 Å². The number of fused-ring (bicyclic) bond motifs is 3. The van der Waals surface area contributed by atoms with E-state index in [0.717, 1.165) is 28.2 Å². The van der Waals surface area contributed by atoms with Gasteiger partial charge >= 0.3 is 0 Å². The molecule has 0 heterocycles. The lowest BCUT2D eigenvalue weighted by Gasteiger charge is -2.06. The van der Waals surface area contributed by atoms with Crippen LogP contribution < -0.4 is 4.74 Å². The van der Waals surface area contributed by atoms with E-state index in [9.17, 15) is 0 Å². The fourth-order valence-electron chi connectivity index (χ4n) is 2.68. The summed E-state index contributed by atoms with van der Waals surface area (Å²) in [5, 5.41) is 4.20. The molecule has 0 saturated carbocycles. The molecule has 3 rings (SSSR count). The van der Waals surface area contributed by atoms with Crippen LogP contribution >= 0.6 is 0 Å². The molecule has 2 aromatic carbocycles. The van der Waals surface area contributed by atoms with Crippen molar-refractivity contribution >= 4 is 5.71 Å². The SMILES string of the molecule is CC.CC.COC/C=C/COc1ccc2c(c1)/C(=N\OC)c1ccccc1-2. The highest BCUT2D eigenvalue weighted by atomic mass is 16.6. The maximum absolute atomic E-state index is 5.76. The van der Waals surface area contributed by atoms with Gasteiger partial charge in [0.1, 0.15) is 25.2 Å². The number of hydrogen-bond acceptors (Lipinski definition) is 4. The van der Waals surface area contributed by atoms with Gasteiger partial charge in [0.25, 0.3) is 0 Å². The van der Waals surface area contributed by atoms with E-state index < -0.39 is 0 Å². The van der Waals surface area contributed by atoms with Crippen LogP contribution in [0.4, 0.5) is 0 Å². The number of rotatable bonds is 6. The Morgan fingerprint density at radius 2 is 1.41 bits per heavy atom. The van der Waals surface area contributed by atoms with Gasteiger partial charge in [0.2, 0.25) is 0 Å². The molecular weight excluding hydrogens is 338 g/mol. The third-order valence-electron chi connectivity index (χ3n) is 3.68. The predicted molar refractivity (Wildman–Crippen MR) is 114 cm³/mol. The lowest BCUT2D eigenvalue weighted by molar-refractivity contribution is 0.214. The Morgan fingerprint density at radius 3 is 2.07 bits per heavy atom. The van der Waals surface area contributed by atoms with Gasteiger partial charge in [-0.3, -0.25) is 0 Å². The van der Waals surface area contributed by atoms with E-state index in [1.165, 1.54) is 5.56 Å². The molecule has 0 atom stereocenters. The molecule has 0 aliphatic heterocycles. The van der Waals surface area contributed by atoms with Crippen LogP contribution in [0.2, 0.25) is 0 Å². The standard InChI is InChI=1S/C19H19NO3.2C2H6/c1-21-11-5-6-12-23-14-9-10-16-15-7-3-4-8-17(15)19(20-22-2)18(16)13-14;2*1-2/h3-10,13H,11-12H2,1-2H3;2*1-2H3/b6-5+,20-19-;;. The largest absolute Gasteiger partial charge is 0.490 e. The molecule has 4 nitrogen and oxygen atoms in total. The average molecular weight is 370 g/mol.